The molecule has 0 aliphatic rings. The summed E-state index contributed by atoms with van der Waals surface area (Å²) in [6.45, 7) is 9.83. The molecule has 0 aromatic carbocycles. The van der Waals surface area contributed by atoms with Crippen molar-refractivity contribution in [3.8, 4) is 0 Å². The third kappa shape index (κ3) is 5.35. The van der Waals surface area contributed by atoms with Gasteiger partial charge in [-0.1, -0.05) is 32.4 Å². The van der Waals surface area contributed by atoms with Crippen LogP contribution in [-0.2, 0) is 6.42 Å². The largest absolute Gasteiger partial charge is 0.397 e. The molecule has 88 valence electrons. The highest BCUT2D eigenvalue weighted by Crippen LogP contribution is 2.08. The minimum Gasteiger partial charge on any atom is -0.397 e. The predicted molar refractivity (Wildman–Crippen MR) is 71.9 cm³/mol. The first-order chi connectivity index (χ1) is 7.69. The minimum absolute atomic E-state index is 0.714. The molecule has 0 aliphatic heterocycles. The monoisotopic (exact) mass is 218 g/mol. The number of allylic oxidation sites excluding steroid dienone is 2. The summed E-state index contributed by atoms with van der Waals surface area (Å²) < 4.78 is 0. The van der Waals surface area contributed by atoms with Crippen LogP contribution in [0.1, 0.15) is 38.4 Å². The van der Waals surface area contributed by atoms with Crippen LogP contribution in [-0.4, -0.2) is 4.98 Å². The first kappa shape index (κ1) is 14.4. The van der Waals surface area contributed by atoms with Crippen molar-refractivity contribution >= 4 is 5.70 Å². The molecule has 0 bridgehead atoms. The smallest absolute Gasteiger partial charge is 0.0858 e. The molecule has 2 nitrogen and oxygen atoms in total. The minimum atomic E-state index is 0.714. The average molecular weight is 218 g/mol. The standard InChI is InChI=1S/C11H14N2.C3H8/c1-3-5-9-6-7-13-11(8-9)10(12)4-2;1-3-2/h3-4,6-8H,1,5,12H2,2H3;3H2,1-2H3/b10-4-;. The number of hydrogen-bond acceptors (Lipinski definition) is 2. The van der Waals surface area contributed by atoms with E-state index in [-0.39, 0.29) is 0 Å². The van der Waals surface area contributed by atoms with Gasteiger partial charge in [0.05, 0.1) is 11.4 Å². The van der Waals surface area contributed by atoms with Crippen LogP contribution in [0.3, 0.4) is 0 Å². The van der Waals surface area contributed by atoms with Crippen molar-refractivity contribution in [1.82, 2.24) is 4.98 Å². The van der Waals surface area contributed by atoms with E-state index in [2.05, 4.69) is 25.4 Å². The van der Waals surface area contributed by atoms with E-state index in [0.717, 1.165) is 12.1 Å². The van der Waals surface area contributed by atoms with Crippen molar-refractivity contribution in [1.29, 1.82) is 0 Å². The Bertz CT molecular complexity index is 340. The summed E-state index contributed by atoms with van der Waals surface area (Å²) >= 11 is 0. The average Bonchev–Trinajstić information content (AvgIpc) is 2.30. The fraction of sp³-hybridized carbons (Fsp3) is 0.357. The highest BCUT2D eigenvalue weighted by Gasteiger charge is 1.97. The lowest BCUT2D eigenvalue weighted by molar-refractivity contribution is 1.09. The molecule has 0 saturated carbocycles. The molecular weight excluding hydrogens is 196 g/mol. The van der Waals surface area contributed by atoms with Crippen LogP contribution in [0.25, 0.3) is 5.70 Å². The molecule has 1 rings (SSSR count). The second kappa shape index (κ2) is 8.72. The van der Waals surface area contributed by atoms with E-state index < -0.39 is 0 Å². The van der Waals surface area contributed by atoms with Crippen LogP contribution in [0.4, 0.5) is 0 Å². The molecular formula is C14H22N2. The van der Waals surface area contributed by atoms with Gasteiger partial charge in [0, 0.05) is 6.20 Å². The maximum Gasteiger partial charge on any atom is 0.0858 e. The van der Waals surface area contributed by atoms with Gasteiger partial charge in [0.2, 0.25) is 0 Å². The van der Waals surface area contributed by atoms with E-state index in [1.54, 1.807) is 6.20 Å². The van der Waals surface area contributed by atoms with Gasteiger partial charge in [-0.25, -0.2) is 0 Å². The molecule has 0 radical (unpaired) electrons. The third-order valence-electron chi connectivity index (χ3n) is 1.81. The Labute approximate surface area is 98.9 Å². The second-order valence-electron chi connectivity index (χ2n) is 3.49. The zero-order chi connectivity index (χ0) is 12.4. The molecule has 1 heterocycles. The summed E-state index contributed by atoms with van der Waals surface area (Å²) in [5.41, 5.74) is 8.47. The van der Waals surface area contributed by atoms with Gasteiger partial charge < -0.3 is 5.73 Å². The SMILES string of the molecule is C=CCc1ccnc(/C(N)=C/C)c1.CCC. The third-order valence-corrected chi connectivity index (χ3v) is 1.81. The summed E-state index contributed by atoms with van der Waals surface area (Å²) in [6.07, 6.45) is 7.59. The molecule has 16 heavy (non-hydrogen) atoms. The number of pyridine rings is 1. The maximum absolute atomic E-state index is 5.73. The normalized spacial score (nSPS) is 10.3. The Balaban J connectivity index is 0.000000673. The highest BCUT2D eigenvalue weighted by molar-refractivity contribution is 5.59. The van der Waals surface area contributed by atoms with Gasteiger partial charge in [0.25, 0.3) is 0 Å². The van der Waals surface area contributed by atoms with Crippen molar-refractivity contribution in [2.75, 3.05) is 0 Å². The molecule has 0 fully saturated rings. The molecule has 0 saturated heterocycles. The van der Waals surface area contributed by atoms with Crippen molar-refractivity contribution in [3.63, 3.8) is 0 Å². The lowest BCUT2D eigenvalue weighted by Gasteiger charge is -2.01. The first-order valence-electron chi connectivity index (χ1n) is 5.67. The number of hydrogen-bond donors (Lipinski definition) is 1. The van der Waals surface area contributed by atoms with Gasteiger partial charge in [-0.3, -0.25) is 4.98 Å². The zero-order valence-electron chi connectivity index (χ0n) is 10.5. The number of nitrogens with zero attached hydrogens (tertiary/aromatic N) is 1. The Morgan fingerprint density at radius 3 is 2.62 bits per heavy atom. The fourth-order valence-electron chi connectivity index (χ4n) is 1.07. The van der Waals surface area contributed by atoms with Gasteiger partial charge in [0.15, 0.2) is 0 Å². The highest BCUT2D eigenvalue weighted by atomic mass is 14.7. The zero-order valence-corrected chi connectivity index (χ0v) is 10.5. The van der Waals surface area contributed by atoms with Crippen LogP contribution in [0.15, 0.2) is 37.1 Å². The summed E-state index contributed by atoms with van der Waals surface area (Å²) in [7, 11) is 0. The molecule has 0 aliphatic carbocycles. The van der Waals surface area contributed by atoms with Gasteiger partial charge in [-0.2, -0.15) is 0 Å². The van der Waals surface area contributed by atoms with Crippen LogP contribution >= 0.6 is 0 Å². The van der Waals surface area contributed by atoms with E-state index in [0.29, 0.717) is 5.70 Å². The van der Waals surface area contributed by atoms with Crippen molar-refractivity contribution < 1.29 is 0 Å². The van der Waals surface area contributed by atoms with Crippen molar-refractivity contribution in [2.24, 2.45) is 5.73 Å². The van der Waals surface area contributed by atoms with E-state index in [1.807, 2.05) is 31.2 Å². The molecule has 0 amide bonds. The van der Waals surface area contributed by atoms with Crippen LogP contribution in [0, 0.1) is 0 Å². The molecule has 0 spiro atoms. The number of nitrogens with two attached hydrogens (primary N) is 1. The van der Waals surface area contributed by atoms with E-state index in [4.69, 9.17) is 5.73 Å². The lowest BCUT2D eigenvalue weighted by atomic mass is 10.1. The van der Waals surface area contributed by atoms with Crippen LogP contribution in [0.5, 0.6) is 0 Å². The molecule has 1 aromatic heterocycles. The maximum atomic E-state index is 5.73. The quantitative estimate of drug-likeness (QED) is 0.788. The van der Waals surface area contributed by atoms with Gasteiger partial charge in [-0.15, -0.1) is 6.58 Å². The Kier molecular flexibility index (Phi) is 7.86. The van der Waals surface area contributed by atoms with E-state index in [9.17, 15) is 0 Å². The Hall–Kier alpha value is -1.57. The first-order valence-corrected chi connectivity index (χ1v) is 5.67. The summed E-state index contributed by atoms with van der Waals surface area (Å²) in [5.74, 6) is 0. The van der Waals surface area contributed by atoms with E-state index in [1.165, 1.54) is 12.0 Å². The second-order valence-corrected chi connectivity index (χ2v) is 3.49. The summed E-state index contributed by atoms with van der Waals surface area (Å²) in [4.78, 5) is 4.16. The molecule has 2 heteroatoms. The van der Waals surface area contributed by atoms with E-state index >= 15 is 0 Å². The molecule has 0 atom stereocenters. The Morgan fingerprint density at radius 2 is 2.12 bits per heavy atom. The topological polar surface area (TPSA) is 38.9 Å². The molecule has 0 unspecified atom stereocenters. The number of aromatic nitrogens is 1. The Morgan fingerprint density at radius 1 is 1.50 bits per heavy atom. The summed E-state index contributed by atoms with van der Waals surface area (Å²) in [5, 5.41) is 0. The van der Waals surface area contributed by atoms with Gasteiger partial charge >= 0.3 is 0 Å². The fourth-order valence-corrected chi connectivity index (χ4v) is 1.07. The van der Waals surface area contributed by atoms with Gasteiger partial charge in [-0.05, 0) is 31.0 Å². The van der Waals surface area contributed by atoms with Crippen LogP contribution < -0.4 is 5.73 Å². The summed E-state index contributed by atoms with van der Waals surface area (Å²) in [6, 6.07) is 3.95. The van der Waals surface area contributed by atoms with Crippen molar-refractivity contribution in [2.45, 2.75) is 33.6 Å². The molecule has 2 N–H and O–H groups in total. The number of rotatable bonds is 3. The van der Waals surface area contributed by atoms with Crippen molar-refractivity contribution in [3.05, 3.63) is 48.3 Å². The molecule has 1 aromatic rings. The predicted octanol–water partition coefficient (Wildman–Crippen LogP) is 3.55. The van der Waals surface area contributed by atoms with Crippen LogP contribution in [0.2, 0.25) is 0 Å². The lowest BCUT2D eigenvalue weighted by Crippen LogP contribution is -1.99. The van der Waals surface area contributed by atoms with Gasteiger partial charge in [0.1, 0.15) is 0 Å².